The van der Waals surface area contributed by atoms with Crippen LogP contribution in [0.5, 0.6) is 0 Å². The Kier molecular flexibility index (Phi) is 18.6. The summed E-state index contributed by atoms with van der Waals surface area (Å²) in [6, 6.07) is 0. The Morgan fingerprint density at radius 2 is 1.10 bits per heavy atom. The molecule has 16 nitrogen and oxygen atoms in total. The standard InChI is InChI=1S/C4H10N2O6.2HNO3/c7-1-3-11-6(5(9)10)12-4-2-8;2*2-1(3)4/h7-8H,1-4H2;2*(H,2,3,4). The highest BCUT2D eigenvalue weighted by molar-refractivity contribution is 4.17. The van der Waals surface area contributed by atoms with Gasteiger partial charge in [-0.15, -0.1) is 20.2 Å². The molecule has 0 aromatic carbocycles. The van der Waals surface area contributed by atoms with Crippen LogP contribution in [0.2, 0.25) is 0 Å². The van der Waals surface area contributed by atoms with E-state index in [0.717, 1.165) is 0 Å². The van der Waals surface area contributed by atoms with Crippen molar-refractivity contribution in [2.24, 2.45) is 0 Å². The number of rotatable bonds is 7. The van der Waals surface area contributed by atoms with Crippen molar-refractivity contribution in [2.75, 3.05) is 26.4 Å². The zero-order chi connectivity index (χ0) is 16.6. The molecule has 0 aromatic heterocycles. The second-order valence-corrected chi connectivity index (χ2v) is 2.07. The van der Waals surface area contributed by atoms with Gasteiger partial charge in [-0.25, -0.2) is 10.1 Å². The molecule has 0 atom stereocenters. The van der Waals surface area contributed by atoms with Gasteiger partial charge in [0.15, 0.2) is 5.34 Å². The summed E-state index contributed by atoms with van der Waals surface area (Å²) in [7, 11) is 0. The number of aliphatic hydroxyl groups is 2. The van der Waals surface area contributed by atoms with E-state index >= 15 is 0 Å². The molecular formula is C4H12N4O12. The van der Waals surface area contributed by atoms with Crippen LogP contribution in [0.1, 0.15) is 0 Å². The van der Waals surface area contributed by atoms with Crippen LogP contribution in [0, 0.1) is 30.3 Å². The zero-order valence-corrected chi connectivity index (χ0v) is 9.67. The molecule has 4 N–H and O–H groups in total. The van der Waals surface area contributed by atoms with E-state index in [1.807, 2.05) is 0 Å². The molecule has 0 heterocycles. The average Bonchev–Trinajstić information content (AvgIpc) is 2.27. The molecular weight excluding hydrogens is 296 g/mol. The van der Waals surface area contributed by atoms with E-state index in [1.165, 1.54) is 0 Å². The first kappa shape index (κ1) is 22.6. The molecule has 0 unspecified atom stereocenters. The number of hydrogen-bond donors (Lipinski definition) is 4. The van der Waals surface area contributed by atoms with Gasteiger partial charge in [0.05, 0.1) is 13.2 Å². The van der Waals surface area contributed by atoms with E-state index < -0.39 is 15.2 Å². The van der Waals surface area contributed by atoms with Crippen LogP contribution in [-0.4, -0.2) is 67.6 Å². The Bertz CT molecular complexity index is 244. The largest absolute Gasteiger partial charge is 0.394 e. The first-order valence-corrected chi connectivity index (χ1v) is 4.27. The maximum atomic E-state index is 10.0. The van der Waals surface area contributed by atoms with Crippen molar-refractivity contribution >= 4 is 0 Å². The Balaban J connectivity index is -0.000000297. The van der Waals surface area contributed by atoms with Crippen molar-refractivity contribution in [1.29, 1.82) is 0 Å². The lowest BCUT2D eigenvalue weighted by Gasteiger charge is -2.09. The van der Waals surface area contributed by atoms with Gasteiger partial charge in [0.25, 0.3) is 10.2 Å². The maximum absolute atomic E-state index is 10.0. The third-order valence-corrected chi connectivity index (χ3v) is 0.719. The topological polar surface area (TPSA) is 232 Å². The van der Waals surface area contributed by atoms with Crippen molar-refractivity contribution in [2.45, 2.75) is 0 Å². The summed E-state index contributed by atoms with van der Waals surface area (Å²) in [4.78, 5) is 35.4. The van der Waals surface area contributed by atoms with E-state index in [-0.39, 0.29) is 31.8 Å². The van der Waals surface area contributed by atoms with Crippen LogP contribution in [0.3, 0.4) is 0 Å². The number of hydrogen-bond acceptors (Lipinski definition) is 10. The van der Waals surface area contributed by atoms with Crippen molar-refractivity contribution < 1.29 is 45.5 Å². The molecule has 0 fully saturated rings. The fourth-order valence-electron chi connectivity index (χ4n) is 0.369. The lowest BCUT2D eigenvalue weighted by atomic mass is 10.8. The molecule has 20 heavy (non-hydrogen) atoms. The third kappa shape index (κ3) is 36.1. The smallest absolute Gasteiger partial charge is 0.291 e. The van der Waals surface area contributed by atoms with Gasteiger partial charge in [-0.1, -0.05) is 0 Å². The van der Waals surface area contributed by atoms with Gasteiger partial charge in [0, 0.05) is 0 Å². The summed E-state index contributed by atoms with van der Waals surface area (Å²) in [5, 5.41) is 52.8. The molecule has 0 saturated carbocycles. The van der Waals surface area contributed by atoms with Crippen LogP contribution >= 0.6 is 0 Å². The minimum Gasteiger partial charge on any atom is -0.394 e. The van der Waals surface area contributed by atoms with Gasteiger partial charge in [-0.2, -0.15) is 9.68 Å². The fraction of sp³-hybridized carbons (Fsp3) is 1.00. The van der Waals surface area contributed by atoms with Crippen LogP contribution in [0.4, 0.5) is 0 Å². The molecule has 0 aliphatic carbocycles. The van der Waals surface area contributed by atoms with E-state index in [2.05, 4.69) is 9.68 Å². The molecule has 0 saturated heterocycles. The highest BCUT2D eigenvalue weighted by atomic mass is 17.0. The Morgan fingerprint density at radius 3 is 1.25 bits per heavy atom. The molecule has 16 heteroatoms. The van der Waals surface area contributed by atoms with Gasteiger partial charge < -0.3 is 20.6 Å². The summed E-state index contributed by atoms with van der Waals surface area (Å²) in [6.45, 7) is -1.20. The summed E-state index contributed by atoms with van der Waals surface area (Å²) < 4.78 is 0. The van der Waals surface area contributed by atoms with Gasteiger partial charge in [0.1, 0.15) is 13.2 Å². The lowest BCUT2D eigenvalue weighted by molar-refractivity contribution is -0.814. The van der Waals surface area contributed by atoms with Gasteiger partial charge in [0.2, 0.25) is 5.03 Å². The molecule has 0 rings (SSSR count). The summed E-state index contributed by atoms with van der Waals surface area (Å²) in [5.74, 6) is 0. The lowest BCUT2D eigenvalue weighted by Crippen LogP contribution is -2.32. The summed E-state index contributed by atoms with van der Waals surface area (Å²) >= 11 is 0. The molecule has 0 aliphatic heterocycles. The van der Waals surface area contributed by atoms with E-state index in [9.17, 15) is 10.1 Å². The van der Waals surface area contributed by atoms with Crippen LogP contribution in [0.15, 0.2) is 0 Å². The Labute approximate surface area is 109 Å². The van der Waals surface area contributed by atoms with Crippen LogP contribution in [-0.2, 0) is 9.68 Å². The molecule has 120 valence electrons. The molecule has 0 aromatic rings. The first-order chi connectivity index (χ1) is 9.18. The van der Waals surface area contributed by atoms with Crippen LogP contribution in [0.25, 0.3) is 0 Å². The highest BCUT2D eigenvalue weighted by Gasteiger charge is 2.15. The van der Waals surface area contributed by atoms with Gasteiger partial charge >= 0.3 is 0 Å². The van der Waals surface area contributed by atoms with Crippen molar-refractivity contribution in [3.05, 3.63) is 30.3 Å². The van der Waals surface area contributed by atoms with Crippen molar-refractivity contribution in [3.8, 4) is 0 Å². The van der Waals surface area contributed by atoms with E-state index in [4.69, 9.17) is 40.9 Å². The molecule has 0 spiro atoms. The SMILES string of the molecule is O=[N+]([O-])N(OCCO)OCCO.O=[N+]([O-])O.O=[N+]([O-])O. The maximum Gasteiger partial charge on any atom is 0.291 e. The first-order valence-electron chi connectivity index (χ1n) is 4.27. The van der Waals surface area contributed by atoms with Gasteiger partial charge in [-0.05, 0) is 0 Å². The predicted octanol–water partition coefficient (Wildman–Crippen LogP) is -2.37. The normalized spacial score (nSPS) is 8.30. The second-order valence-electron chi connectivity index (χ2n) is 2.07. The summed E-state index contributed by atoms with van der Waals surface area (Å²) in [6.07, 6.45) is 0. The minimum atomic E-state index is -1.50. The number of aliphatic hydroxyl groups excluding tert-OH is 2. The molecule has 0 amide bonds. The monoisotopic (exact) mass is 308 g/mol. The number of nitro groups is 1. The van der Waals surface area contributed by atoms with Crippen molar-refractivity contribution in [1.82, 2.24) is 5.34 Å². The van der Waals surface area contributed by atoms with Crippen LogP contribution < -0.4 is 0 Å². The molecule has 0 bridgehead atoms. The average molecular weight is 308 g/mol. The molecule has 0 radical (unpaired) electrons. The van der Waals surface area contributed by atoms with E-state index in [0.29, 0.717) is 0 Å². The zero-order valence-electron chi connectivity index (χ0n) is 9.67. The Hall–Kier alpha value is -2.56. The Morgan fingerprint density at radius 1 is 0.850 bits per heavy atom. The van der Waals surface area contributed by atoms with E-state index in [1.54, 1.807) is 0 Å². The summed E-state index contributed by atoms with van der Waals surface area (Å²) in [5.41, 5.74) is 0. The highest BCUT2D eigenvalue weighted by Crippen LogP contribution is 1.91. The van der Waals surface area contributed by atoms with Crippen molar-refractivity contribution in [3.63, 3.8) is 0 Å². The fourth-order valence-corrected chi connectivity index (χ4v) is 0.369. The quantitative estimate of drug-likeness (QED) is 0.284. The second kappa shape index (κ2) is 16.4. The van der Waals surface area contributed by atoms with Gasteiger partial charge in [-0.3, -0.25) is 0 Å². The third-order valence-electron chi connectivity index (χ3n) is 0.719. The molecule has 0 aliphatic rings. The predicted molar refractivity (Wildman–Crippen MR) is 52.5 cm³/mol. The minimum absolute atomic E-state index is 0.00750. The number of hydrazine groups is 1. The number of nitrogens with zero attached hydrogens (tertiary/aromatic N) is 4.